The molecule has 1 fully saturated rings. The van der Waals surface area contributed by atoms with Crippen molar-refractivity contribution in [2.75, 3.05) is 19.6 Å². The molecule has 30 heavy (non-hydrogen) atoms. The molecular formula is C23H29N3O3S. The van der Waals surface area contributed by atoms with Gasteiger partial charge in [-0.15, -0.1) is 11.3 Å². The lowest BCUT2D eigenvalue weighted by atomic mass is 10.0. The van der Waals surface area contributed by atoms with E-state index in [9.17, 15) is 14.7 Å². The average Bonchev–Trinajstić information content (AvgIpc) is 3.35. The molecule has 0 saturated carbocycles. The van der Waals surface area contributed by atoms with Gasteiger partial charge in [-0.1, -0.05) is 24.3 Å². The van der Waals surface area contributed by atoms with Crippen LogP contribution in [0.15, 0.2) is 30.3 Å². The molecule has 6 nitrogen and oxygen atoms in total. The zero-order valence-corrected chi connectivity index (χ0v) is 18.0. The van der Waals surface area contributed by atoms with Gasteiger partial charge in [-0.05, 0) is 54.9 Å². The number of hydrogen-bond acceptors (Lipinski definition) is 5. The largest absolute Gasteiger partial charge is 0.393 e. The van der Waals surface area contributed by atoms with Gasteiger partial charge < -0.3 is 15.7 Å². The molecule has 3 N–H and O–H groups in total. The van der Waals surface area contributed by atoms with Crippen LogP contribution in [0.4, 0.5) is 0 Å². The molecule has 1 aromatic heterocycles. The van der Waals surface area contributed by atoms with Gasteiger partial charge in [0, 0.05) is 31.1 Å². The number of hydrogen-bond donors (Lipinski definition) is 3. The van der Waals surface area contributed by atoms with Gasteiger partial charge in [0.25, 0.3) is 5.91 Å². The predicted octanol–water partition coefficient (Wildman–Crippen LogP) is 2.24. The van der Waals surface area contributed by atoms with Gasteiger partial charge >= 0.3 is 0 Å². The number of rotatable bonds is 7. The second-order valence-corrected chi connectivity index (χ2v) is 9.28. The molecule has 1 aliphatic heterocycles. The molecule has 0 atom stereocenters. The first-order valence-electron chi connectivity index (χ1n) is 10.7. The van der Waals surface area contributed by atoms with Crippen LogP contribution in [0, 0.1) is 0 Å². The van der Waals surface area contributed by atoms with Gasteiger partial charge in [0.15, 0.2) is 0 Å². The third-order valence-electron chi connectivity index (χ3n) is 5.93. The van der Waals surface area contributed by atoms with Gasteiger partial charge in [0.05, 0.1) is 17.5 Å². The molecule has 2 aromatic rings. The Morgan fingerprint density at radius 3 is 2.63 bits per heavy atom. The molecule has 0 radical (unpaired) electrons. The van der Waals surface area contributed by atoms with E-state index in [0.717, 1.165) is 50.9 Å². The molecule has 160 valence electrons. The summed E-state index contributed by atoms with van der Waals surface area (Å²) in [5, 5.41) is 15.3. The standard InChI is InChI=1S/C23H29N3O3S/c27-19-8-10-26(11-9-19)15-18-5-2-1-4-17(18)13-24-22(28)14-25-23(29)21-12-16-6-3-7-20(16)30-21/h1-2,4-5,12,19,27H,3,6-11,13-15H2,(H,24,28)(H,25,29). The highest BCUT2D eigenvalue weighted by molar-refractivity contribution is 7.14. The zero-order valence-electron chi connectivity index (χ0n) is 17.2. The van der Waals surface area contributed by atoms with Crippen LogP contribution < -0.4 is 10.6 Å². The van der Waals surface area contributed by atoms with E-state index in [0.29, 0.717) is 11.4 Å². The Bertz CT molecular complexity index is 881. The number of fused-ring (bicyclic) bond motifs is 1. The van der Waals surface area contributed by atoms with E-state index in [-0.39, 0.29) is 24.5 Å². The maximum Gasteiger partial charge on any atom is 0.261 e. The molecule has 1 aliphatic carbocycles. The Kier molecular flexibility index (Phi) is 6.82. The summed E-state index contributed by atoms with van der Waals surface area (Å²) in [7, 11) is 0. The van der Waals surface area contributed by atoms with Crippen molar-refractivity contribution in [2.45, 2.75) is 51.3 Å². The van der Waals surface area contributed by atoms with E-state index in [4.69, 9.17) is 0 Å². The van der Waals surface area contributed by atoms with E-state index in [1.807, 2.05) is 24.3 Å². The lowest BCUT2D eigenvalue weighted by Gasteiger charge is -2.30. The van der Waals surface area contributed by atoms with E-state index in [1.54, 1.807) is 11.3 Å². The summed E-state index contributed by atoms with van der Waals surface area (Å²) < 4.78 is 0. The average molecular weight is 428 g/mol. The van der Waals surface area contributed by atoms with Gasteiger partial charge in [-0.2, -0.15) is 0 Å². The van der Waals surface area contributed by atoms with Gasteiger partial charge in [-0.3, -0.25) is 14.5 Å². The minimum Gasteiger partial charge on any atom is -0.393 e. The maximum absolute atomic E-state index is 12.3. The molecule has 7 heteroatoms. The third kappa shape index (κ3) is 5.28. The second kappa shape index (κ2) is 9.73. The molecular weight excluding hydrogens is 398 g/mol. The quantitative estimate of drug-likeness (QED) is 0.633. The lowest BCUT2D eigenvalue weighted by molar-refractivity contribution is -0.120. The summed E-state index contributed by atoms with van der Waals surface area (Å²) in [5.74, 6) is -0.361. The highest BCUT2D eigenvalue weighted by Crippen LogP contribution is 2.30. The minimum absolute atomic E-state index is 0.0203. The summed E-state index contributed by atoms with van der Waals surface area (Å²) in [5.41, 5.74) is 3.55. The first kappa shape index (κ1) is 21.0. The van der Waals surface area contributed by atoms with Crippen LogP contribution in [0.5, 0.6) is 0 Å². The van der Waals surface area contributed by atoms with E-state index >= 15 is 0 Å². The number of likely N-dealkylation sites (tertiary alicyclic amines) is 1. The summed E-state index contributed by atoms with van der Waals surface area (Å²) >= 11 is 1.55. The molecule has 1 aromatic carbocycles. The smallest absolute Gasteiger partial charge is 0.261 e. The van der Waals surface area contributed by atoms with Crippen LogP contribution in [0.25, 0.3) is 0 Å². The third-order valence-corrected chi connectivity index (χ3v) is 7.16. The number of nitrogens with zero attached hydrogens (tertiary/aromatic N) is 1. The fourth-order valence-electron chi connectivity index (χ4n) is 4.15. The summed E-state index contributed by atoms with van der Waals surface area (Å²) in [4.78, 5) is 28.9. The molecule has 0 spiro atoms. The topological polar surface area (TPSA) is 81.7 Å². The first-order valence-corrected chi connectivity index (χ1v) is 11.5. The number of nitrogens with one attached hydrogen (secondary N) is 2. The molecule has 0 bridgehead atoms. The molecule has 2 amide bonds. The van der Waals surface area contributed by atoms with Crippen molar-refractivity contribution in [1.29, 1.82) is 0 Å². The number of aliphatic hydroxyl groups excluding tert-OH is 1. The van der Waals surface area contributed by atoms with Gasteiger partial charge in [0.2, 0.25) is 5.91 Å². The Balaban J connectivity index is 1.25. The van der Waals surface area contributed by atoms with Crippen LogP contribution in [0.2, 0.25) is 0 Å². The van der Waals surface area contributed by atoms with Crippen LogP contribution >= 0.6 is 11.3 Å². The first-order chi connectivity index (χ1) is 14.6. The van der Waals surface area contributed by atoms with E-state index < -0.39 is 0 Å². The van der Waals surface area contributed by atoms with Crippen molar-refractivity contribution in [2.24, 2.45) is 0 Å². The van der Waals surface area contributed by atoms with Gasteiger partial charge in [0.1, 0.15) is 0 Å². The molecule has 4 rings (SSSR count). The van der Waals surface area contributed by atoms with E-state index in [1.165, 1.54) is 22.4 Å². The normalized spacial score (nSPS) is 17.0. The van der Waals surface area contributed by atoms with Crippen LogP contribution in [0.3, 0.4) is 0 Å². The minimum atomic E-state index is -0.191. The monoisotopic (exact) mass is 427 g/mol. The highest BCUT2D eigenvalue weighted by Gasteiger charge is 2.19. The molecule has 2 heterocycles. The number of thiophene rings is 1. The number of benzene rings is 1. The van der Waals surface area contributed by atoms with Crippen molar-refractivity contribution in [1.82, 2.24) is 15.5 Å². The predicted molar refractivity (Wildman–Crippen MR) is 117 cm³/mol. The van der Waals surface area contributed by atoms with Crippen molar-refractivity contribution >= 4 is 23.2 Å². The highest BCUT2D eigenvalue weighted by atomic mass is 32.1. The number of carbonyl (C=O) groups excluding carboxylic acids is 2. The Hall–Kier alpha value is -2.22. The van der Waals surface area contributed by atoms with Crippen molar-refractivity contribution in [3.8, 4) is 0 Å². The number of amides is 2. The van der Waals surface area contributed by atoms with Crippen molar-refractivity contribution in [3.63, 3.8) is 0 Å². The number of aryl methyl sites for hydroxylation is 2. The van der Waals surface area contributed by atoms with Crippen LogP contribution in [0.1, 0.15) is 50.5 Å². The molecule has 2 aliphatic rings. The fraction of sp³-hybridized carbons (Fsp3) is 0.478. The second-order valence-electron chi connectivity index (χ2n) is 8.15. The Morgan fingerprint density at radius 2 is 1.87 bits per heavy atom. The van der Waals surface area contributed by atoms with E-state index in [2.05, 4.69) is 21.6 Å². The van der Waals surface area contributed by atoms with Crippen molar-refractivity contribution < 1.29 is 14.7 Å². The number of aliphatic hydroxyl groups is 1. The maximum atomic E-state index is 12.3. The van der Waals surface area contributed by atoms with Crippen molar-refractivity contribution in [3.05, 3.63) is 56.8 Å². The number of carbonyl (C=O) groups is 2. The van der Waals surface area contributed by atoms with Gasteiger partial charge in [-0.25, -0.2) is 0 Å². The summed E-state index contributed by atoms with van der Waals surface area (Å²) in [6.45, 7) is 3.01. The SMILES string of the molecule is O=C(CNC(=O)c1cc2c(s1)CCC2)NCc1ccccc1CN1CCC(O)CC1. The lowest BCUT2D eigenvalue weighted by Crippen LogP contribution is -2.37. The zero-order chi connectivity index (χ0) is 20.9. The Morgan fingerprint density at radius 1 is 1.10 bits per heavy atom. The summed E-state index contributed by atoms with van der Waals surface area (Å²) in [6.07, 6.45) is 4.73. The van der Waals surface area contributed by atoms with Crippen LogP contribution in [-0.4, -0.2) is 47.6 Å². The fourth-order valence-corrected chi connectivity index (χ4v) is 5.32. The summed E-state index contributed by atoms with van der Waals surface area (Å²) in [6, 6.07) is 10.1. The molecule has 0 unspecified atom stereocenters. The molecule has 1 saturated heterocycles. The number of piperidine rings is 1. The Labute approximate surface area is 181 Å². The van der Waals surface area contributed by atoms with Crippen LogP contribution in [-0.2, 0) is 30.7 Å².